The van der Waals surface area contributed by atoms with E-state index in [1.54, 1.807) is 12.1 Å². The molecule has 2 aromatic carbocycles. The molecule has 0 spiro atoms. The molecule has 2 aliphatic heterocycles. The van der Waals surface area contributed by atoms with Crippen LogP contribution in [0.25, 0.3) is 0 Å². The second-order valence-corrected chi connectivity index (χ2v) is 8.09. The summed E-state index contributed by atoms with van der Waals surface area (Å²) in [4.78, 5) is 35.6. The second-order valence-electron chi connectivity index (χ2n) is 8.09. The molecule has 170 valence electrons. The summed E-state index contributed by atoms with van der Waals surface area (Å²) in [5, 5.41) is 14.8. The molecule has 1 unspecified atom stereocenters. The molecule has 4 rings (SSSR count). The molecule has 2 heterocycles. The van der Waals surface area contributed by atoms with Crippen molar-refractivity contribution in [3.63, 3.8) is 0 Å². The molecule has 2 aromatic rings. The first kappa shape index (κ1) is 23.4. The number of halogens is 1. The van der Waals surface area contributed by atoms with Crippen LogP contribution in [0, 0.1) is 11.7 Å². The molecule has 1 saturated heterocycles. The predicted octanol–water partition coefficient (Wildman–Crippen LogP) is 2.78. The summed E-state index contributed by atoms with van der Waals surface area (Å²) < 4.78 is 13.4. The van der Waals surface area contributed by atoms with Gasteiger partial charge in [0.25, 0.3) is 0 Å². The Morgan fingerprint density at radius 2 is 1.69 bits per heavy atom. The van der Waals surface area contributed by atoms with Crippen molar-refractivity contribution in [3.8, 4) is 0 Å². The maximum Gasteiger partial charge on any atom is 0.414 e. The summed E-state index contributed by atoms with van der Waals surface area (Å²) in [5.41, 5.74) is 3.62. The summed E-state index contributed by atoms with van der Waals surface area (Å²) in [7, 11) is 0. The average molecular weight is 442 g/mol. The molecule has 1 amide bonds. The van der Waals surface area contributed by atoms with Gasteiger partial charge in [0, 0.05) is 26.2 Å². The molecule has 0 aromatic heterocycles. The number of piperidine rings is 1. The molecule has 0 aliphatic carbocycles. The van der Waals surface area contributed by atoms with Crippen molar-refractivity contribution < 1.29 is 29.0 Å². The first-order valence-electron chi connectivity index (χ1n) is 10.6. The molecule has 2 aliphatic rings. The Morgan fingerprint density at radius 1 is 0.969 bits per heavy atom. The number of aliphatic carboxylic acids is 2. The van der Waals surface area contributed by atoms with Crippen LogP contribution < -0.4 is 0 Å². The van der Waals surface area contributed by atoms with Crippen LogP contribution in [-0.2, 0) is 33.9 Å². The van der Waals surface area contributed by atoms with Gasteiger partial charge < -0.3 is 15.1 Å². The number of carboxylic acids is 2. The number of hydrogen-bond donors (Lipinski definition) is 2. The highest BCUT2D eigenvalue weighted by atomic mass is 19.1. The zero-order valence-corrected chi connectivity index (χ0v) is 17.7. The Kier molecular flexibility index (Phi) is 7.94. The Balaban J connectivity index is 0.000000427. The van der Waals surface area contributed by atoms with Gasteiger partial charge in [-0.2, -0.15) is 0 Å². The molecule has 7 nitrogen and oxygen atoms in total. The first-order valence-corrected chi connectivity index (χ1v) is 10.6. The minimum Gasteiger partial charge on any atom is -0.473 e. The number of nitrogens with zero attached hydrogens (tertiary/aromatic N) is 2. The summed E-state index contributed by atoms with van der Waals surface area (Å²) in [5.74, 6) is -3.50. The van der Waals surface area contributed by atoms with Crippen LogP contribution >= 0.6 is 0 Å². The summed E-state index contributed by atoms with van der Waals surface area (Å²) in [6.45, 7) is 4.01. The fourth-order valence-electron chi connectivity index (χ4n) is 4.24. The number of amides is 1. The standard InChI is InChI=1S/C22H25FN2O.C2H2O4/c23-21-9-3-5-17(13-21)14-24-11-4-8-20(15-24)22(26)25-12-10-18-6-1-2-7-19(18)16-25;3-1(4)2(5)6/h1-3,5-7,9,13,20H,4,8,10-12,14-16H2;(H,3,4)(H,5,6). The molecule has 2 N–H and O–H groups in total. The van der Waals surface area contributed by atoms with Gasteiger partial charge in [-0.15, -0.1) is 0 Å². The zero-order chi connectivity index (χ0) is 23.1. The first-order chi connectivity index (χ1) is 15.3. The normalized spacial score (nSPS) is 18.2. The molecule has 0 bridgehead atoms. The number of benzene rings is 2. The van der Waals surface area contributed by atoms with Crippen molar-refractivity contribution in [2.75, 3.05) is 19.6 Å². The van der Waals surface area contributed by atoms with E-state index < -0.39 is 11.9 Å². The van der Waals surface area contributed by atoms with Gasteiger partial charge in [0.1, 0.15) is 5.82 Å². The lowest BCUT2D eigenvalue weighted by Crippen LogP contribution is -2.46. The highest BCUT2D eigenvalue weighted by molar-refractivity contribution is 6.27. The van der Waals surface area contributed by atoms with Crippen LogP contribution in [0.1, 0.15) is 29.5 Å². The van der Waals surface area contributed by atoms with E-state index in [0.717, 1.165) is 51.0 Å². The summed E-state index contributed by atoms with van der Waals surface area (Å²) >= 11 is 0. The van der Waals surface area contributed by atoms with Crippen LogP contribution in [0.4, 0.5) is 4.39 Å². The minimum atomic E-state index is -1.82. The van der Waals surface area contributed by atoms with Crippen LogP contribution in [0.15, 0.2) is 48.5 Å². The number of carbonyl (C=O) groups excluding carboxylic acids is 1. The number of hydrogen-bond acceptors (Lipinski definition) is 4. The van der Waals surface area contributed by atoms with Gasteiger partial charge in [0.15, 0.2) is 0 Å². The van der Waals surface area contributed by atoms with Crippen molar-refractivity contribution >= 4 is 17.8 Å². The third-order valence-corrected chi connectivity index (χ3v) is 5.78. The average Bonchev–Trinajstić information content (AvgIpc) is 2.79. The van der Waals surface area contributed by atoms with E-state index in [9.17, 15) is 9.18 Å². The Hall–Kier alpha value is -3.26. The van der Waals surface area contributed by atoms with E-state index in [2.05, 4.69) is 23.1 Å². The topological polar surface area (TPSA) is 98.2 Å². The van der Waals surface area contributed by atoms with Crippen molar-refractivity contribution in [2.45, 2.75) is 32.4 Å². The monoisotopic (exact) mass is 442 g/mol. The molecule has 8 heteroatoms. The lowest BCUT2D eigenvalue weighted by Gasteiger charge is -2.36. The second kappa shape index (κ2) is 10.9. The molecular formula is C24H27FN2O5. The fraction of sp³-hybridized carbons (Fsp3) is 0.375. The largest absolute Gasteiger partial charge is 0.473 e. The smallest absolute Gasteiger partial charge is 0.414 e. The molecule has 0 saturated carbocycles. The fourth-order valence-corrected chi connectivity index (χ4v) is 4.24. The SMILES string of the molecule is O=C(C1CCCN(Cc2cccc(F)c2)C1)N1CCc2ccccc2C1.O=C(O)C(=O)O. The van der Waals surface area contributed by atoms with Gasteiger partial charge in [-0.1, -0.05) is 36.4 Å². The van der Waals surface area contributed by atoms with Crippen molar-refractivity contribution in [3.05, 3.63) is 71.0 Å². The predicted molar refractivity (Wildman–Crippen MR) is 115 cm³/mol. The number of rotatable bonds is 3. The molecule has 1 fully saturated rings. The van der Waals surface area contributed by atoms with Gasteiger partial charge in [0.2, 0.25) is 5.91 Å². The third-order valence-electron chi connectivity index (χ3n) is 5.78. The van der Waals surface area contributed by atoms with Gasteiger partial charge >= 0.3 is 11.9 Å². The highest BCUT2D eigenvalue weighted by Crippen LogP contribution is 2.25. The van der Waals surface area contributed by atoms with Crippen LogP contribution in [0.5, 0.6) is 0 Å². The lowest BCUT2D eigenvalue weighted by molar-refractivity contribution is -0.159. The quantitative estimate of drug-likeness (QED) is 0.710. The van der Waals surface area contributed by atoms with E-state index in [-0.39, 0.29) is 17.6 Å². The van der Waals surface area contributed by atoms with Crippen molar-refractivity contribution in [1.82, 2.24) is 9.80 Å². The molecule has 32 heavy (non-hydrogen) atoms. The molecular weight excluding hydrogens is 415 g/mol. The lowest BCUT2D eigenvalue weighted by atomic mass is 9.93. The van der Waals surface area contributed by atoms with Gasteiger partial charge in [-0.3, -0.25) is 9.69 Å². The summed E-state index contributed by atoms with van der Waals surface area (Å²) in [6.07, 6.45) is 2.93. The van der Waals surface area contributed by atoms with E-state index >= 15 is 0 Å². The molecule has 1 atom stereocenters. The van der Waals surface area contributed by atoms with E-state index in [4.69, 9.17) is 19.8 Å². The number of likely N-dealkylation sites (tertiary alicyclic amines) is 1. The highest BCUT2D eigenvalue weighted by Gasteiger charge is 2.30. The van der Waals surface area contributed by atoms with Gasteiger partial charge in [0.05, 0.1) is 5.92 Å². The van der Waals surface area contributed by atoms with Crippen LogP contribution in [0.3, 0.4) is 0 Å². The van der Waals surface area contributed by atoms with Crippen molar-refractivity contribution in [1.29, 1.82) is 0 Å². The van der Waals surface area contributed by atoms with Crippen LogP contribution in [0.2, 0.25) is 0 Å². The minimum absolute atomic E-state index is 0.0579. The Morgan fingerprint density at radius 3 is 2.38 bits per heavy atom. The number of fused-ring (bicyclic) bond motifs is 1. The number of carboxylic acid groups (broad SMARTS) is 2. The van der Waals surface area contributed by atoms with Crippen LogP contribution in [-0.4, -0.2) is 57.5 Å². The maximum absolute atomic E-state index is 13.4. The van der Waals surface area contributed by atoms with E-state index in [1.807, 2.05) is 17.0 Å². The zero-order valence-electron chi connectivity index (χ0n) is 17.7. The summed E-state index contributed by atoms with van der Waals surface area (Å²) in [6, 6.07) is 15.2. The van der Waals surface area contributed by atoms with Gasteiger partial charge in [-0.05, 0) is 54.6 Å². The van der Waals surface area contributed by atoms with Crippen molar-refractivity contribution in [2.24, 2.45) is 5.92 Å². The Labute approximate surface area is 186 Å². The van der Waals surface area contributed by atoms with Gasteiger partial charge in [-0.25, -0.2) is 14.0 Å². The van der Waals surface area contributed by atoms with E-state index in [1.165, 1.54) is 17.2 Å². The van der Waals surface area contributed by atoms with E-state index in [0.29, 0.717) is 6.54 Å². The molecule has 0 radical (unpaired) electrons. The third kappa shape index (κ3) is 6.37. The maximum atomic E-state index is 13.4. The number of carbonyl (C=O) groups is 3. The Bertz CT molecular complexity index is 968.